The number of amides is 5. The van der Waals surface area contributed by atoms with Crippen LogP contribution < -0.4 is 21.3 Å². The third-order valence-corrected chi connectivity index (χ3v) is 13.6. The monoisotopic (exact) mass is 757 g/mol. The van der Waals surface area contributed by atoms with Crippen LogP contribution in [0.15, 0.2) is 0 Å². The van der Waals surface area contributed by atoms with E-state index in [1.54, 1.807) is 18.7 Å². The number of nitrogens with zero attached hydrogens (tertiary/aromatic N) is 2. The Bertz CT molecular complexity index is 1460. The second kappa shape index (κ2) is 15.8. The molecule has 54 heavy (non-hydrogen) atoms. The Morgan fingerprint density at radius 3 is 1.81 bits per heavy atom. The molecule has 2 saturated carbocycles. The van der Waals surface area contributed by atoms with E-state index in [1.807, 2.05) is 48.5 Å². The number of carbonyl (C=O) groups excluding carboxylic acids is 6. The largest absolute Gasteiger partial charge is 0.347 e. The van der Waals surface area contributed by atoms with Crippen LogP contribution in [0.2, 0.25) is 0 Å². The van der Waals surface area contributed by atoms with Gasteiger partial charge in [0.25, 0.3) is 5.91 Å². The Morgan fingerprint density at radius 1 is 0.741 bits per heavy atom. The number of likely N-dealkylation sites (tertiary alicyclic amines) is 2. The Morgan fingerprint density at radius 2 is 1.33 bits per heavy atom. The fraction of sp³-hybridized carbons (Fsp3) is 0.857. The smallest absolute Gasteiger partial charge is 0.289 e. The Balaban J connectivity index is 1.64. The first kappa shape index (κ1) is 43.7. The maximum atomic E-state index is 15.0. The first-order valence-electron chi connectivity index (χ1n) is 20.7. The molecular weight excluding hydrogens is 684 g/mol. The summed E-state index contributed by atoms with van der Waals surface area (Å²) in [5.41, 5.74) is -1.79. The Labute approximate surface area is 324 Å². The zero-order chi connectivity index (χ0) is 40.8. The molecule has 0 aromatic heterocycles. The van der Waals surface area contributed by atoms with Gasteiger partial charge < -0.3 is 26.2 Å². The van der Waals surface area contributed by atoms with Crippen LogP contribution in [-0.4, -0.2) is 101 Å². The number of carbonyl (C=O) groups is 6. The molecule has 4 fully saturated rings. The first-order chi connectivity index (χ1) is 24.9. The number of hydrogen-bond acceptors (Lipinski definition) is 7. The molecule has 0 radical (unpaired) electrons. The summed E-state index contributed by atoms with van der Waals surface area (Å²) in [7, 11) is 0. The Kier molecular flexibility index (Phi) is 12.8. The minimum absolute atomic E-state index is 0.0222. The zero-order valence-corrected chi connectivity index (χ0v) is 35.7. The minimum atomic E-state index is -1.02. The second-order valence-corrected chi connectivity index (χ2v) is 20.1. The fourth-order valence-electron chi connectivity index (χ4n) is 10.2. The van der Waals surface area contributed by atoms with Crippen molar-refractivity contribution in [1.82, 2.24) is 31.1 Å². The molecule has 12 nitrogen and oxygen atoms in total. The van der Waals surface area contributed by atoms with Gasteiger partial charge in [0.2, 0.25) is 29.4 Å². The van der Waals surface area contributed by atoms with E-state index in [4.69, 9.17) is 0 Å². The summed E-state index contributed by atoms with van der Waals surface area (Å²) in [6.07, 6.45) is 7.15. The molecule has 2 aliphatic heterocycles. The average Bonchev–Trinajstić information content (AvgIpc) is 3.26. The molecule has 0 aromatic carbocycles. The van der Waals surface area contributed by atoms with Crippen molar-refractivity contribution in [2.45, 2.75) is 190 Å². The molecule has 4 N–H and O–H groups in total. The van der Waals surface area contributed by atoms with E-state index in [9.17, 15) is 24.0 Å². The number of fused-ring (bicyclic) bond motifs is 1. The predicted molar refractivity (Wildman–Crippen MR) is 210 cm³/mol. The van der Waals surface area contributed by atoms with Crippen molar-refractivity contribution in [2.24, 2.45) is 27.1 Å². The third kappa shape index (κ3) is 8.10. The number of rotatable bonds is 13. The van der Waals surface area contributed by atoms with Crippen LogP contribution in [0.25, 0.3) is 0 Å². The minimum Gasteiger partial charge on any atom is -0.347 e. The van der Waals surface area contributed by atoms with Gasteiger partial charge in [-0.3, -0.25) is 33.7 Å². The summed E-state index contributed by atoms with van der Waals surface area (Å²) in [6, 6.07) is -4.23. The molecule has 2 spiro atoms. The molecule has 4 rings (SSSR count). The van der Waals surface area contributed by atoms with E-state index >= 15 is 4.79 Å². The van der Waals surface area contributed by atoms with Gasteiger partial charge in [-0.2, -0.15) is 0 Å². The summed E-state index contributed by atoms with van der Waals surface area (Å²) in [4.78, 5) is 87.5. The molecule has 306 valence electrons. The highest BCUT2D eigenvalue weighted by atomic mass is 16.2. The summed E-state index contributed by atoms with van der Waals surface area (Å²) in [5.74, 6) is -2.90. The molecule has 0 unspecified atom stereocenters. The second-order valence-electron chi connectivity index (χ2n) is 20.1. The van der Waals surface area contributed by atoms with Crippen molar-refractivity contribution < 1.29 is 28.8 Å². The highest BCUT2D eigenvalue weighted by Crippen LogP contribution is 2.88. The fourth-order valence-corrected chi connectivity index (χ4v) is 10.2. The predicted octanol–water partition coefficient (Wildman–Crippen LogP) is 4.49. The lowest BCUT2D eigenvalue weighted by Crippen LogP contribution is -2.64. The Hall–Kier alpha value is -3.02. The number of hydrogen-bond donors (Lipinski definition) is 4. The quantitative estimate of drug-likeness (QED) is 0.202. The zero-order valence-electron chi connectivity index (χ0n) is 35.7. The van der Waals surface area contributed by atoms with Crippen LogP contribution in [0, 0.1) is 27.1 Å². The van der Waals surface area contributed by atoms with Crippen LogP contribution in [0.4, 0.5) is 0 Å². The van der Waals surface area contributed by atoms with Crippen LogP contribution in [0.3, 0.4) is 0 Å². The van der Waals surface area contributed by atoms with Gasteiger partial charge in [0.15, 0.2) is 0 Å². The molecule has 4 aliphatic rings. The molecular formula is C42H72N6O6. The van der Waals surface area contributed by atoms with Gasteiger partial charge in [-0.1, -0.05) is 81.6 Å². The van der Waals surface area contributed by atoms with Crippen molar-refractivity contribution in [1.29, 1.82) is 0 Å². The SMILES string of the molecule is CCC[C@H](NC(=O)[C@@H]1C[C@@]2(CN1C(=O)[C@@H](NC(=O)[C@@H](NC(=O)[C@H]1CCCCN1C(C)C)C(C)(C)C)C(C)(C)C)C(C)(C)C21CCC1)C(=O)C(=O)NC(C)C. The van der Waals surface area contributed by atoms with Crippen LogP contribution >= 0.6 is 0 Å². The van der Waals surface area contributed by atoms with Crippen LogP contribution in [0.5, 0.6) is 0 Å². The lowest BCUT2D eigenvalue weighted by Gasteiger charge is -2.40. The van der Waals surface area contributed by atoms with Gasteiger partial charge in [-0.25, -0.2) is 0 Å². The molecule has 0 aromatic rings. The van der Waals surface area contributed by atoms with E-state index in [2.05, 4.69) is 53.9 Å². The number of ketones is 1. The molecule has 2 heterocycles. The summed E-state index contributed by atoms with van der Waals surface area (Å²) in [5, 5.41) is 11.7. The van der Waals surface area contributed by atoms with Crippen molar-refractivity contribution >= 4 is 35.3 Å². The summed E-state index contributed by atoms with van der Waals surface area (Å²) >= 11 is 0. The van der Waals surface area contributed by atoms with Gasteiger partial charge in [-0.05, 0) is 94.4 Å². The highest BCUT2D eigenvalue weighted by molar-refractivity contribution is 6.38. The van der Waals surface area contributed by atoms with Gasteiger partial charge in [0.05, 0.1) is 12.1 Å². The van der Waals surface area contributed by atoms with Crippen molar-refractivity contribution in [3.8, 4) is 0 Å². The molecule has 12 heteroatoms. The van der Waals surface area contributed by atoms with E-state index in [-0.39, 0.29) is 52.6 Å². The lowest BCUT2D eigenvalue weighted by atomic mass is 9.73. The van der Waals surface area contributed by atoms with Gasteiger partial charge >= 0.3 is 0 Å². The van der Waals surface area contributed by atoms with Crippen LogP contribution in [0.1, 0.15) is 148 Å². The van der Waals surface area contributed by atoms with E-state index < -0.39 is 58.5 Å². The van der Waals surface area contributed by atoms with Gasteiger partial charge in [0, 0.05) is 24.0 Å². The number of piperidine rings is 1. The van der Waals surface area contributed by atoms with Crippen molar-refractivity contribution in [3.05, 3.63) is 0 Å². The molecule has 2 saturated heterocycles. The van der Waals surface area contributed by atoms with Crippen molar-refractivity contribution in [2.75, 3.05) is 13.1 Å². The normalized spacial score (nSPS) is 26.5. The van der Waals surface area contributed by atoms with Crippen LogP contribution in [-0.2, 0) is 28.8 Å². The topological polar surface area (TPSA) is 157 Å². The summed E-state index contributed by atoms with van der Waals surface area (Å²) < 4.78 is 0. The van der Waals surface area contributed by atoms with E-state index in [0.29, 0.717) is 19.4 Å². The first-order valence-corrected chi connectivity index (χ1v) is 20.7. The van der Waals surface area contributed by atoms with Gasteiger partial charge in [0.1, 0.15) is 18.1 Å². The molecule has 5 amide bonds. The van der Waals surface area contributed by atoms with E-state index in [0.717, 1.165) is 45.1 Å². The van der Waals surface area contributed by atoms with Crippen molar-refractivity contribution in [3.63, 3.8) is 0 Å². The number of nitrogens with one attached hydrogen (secondary N) is 4. The molecule has 2 aliphatic carbocycles. The number of Topliss-reactive ketones (excluding diaryl/α,β-unsaturated/α-hetero) is 1. The maximum absolute atomic E-state index is 15.0. The lowest BCUT2D eigenvalue weighted by molar-refractivity contribution is -0.146. The highest BCUT2D eigenvalue weighted by Gasteiger charge is 2.85. The average molecular weight is 757 g/mol. The van der Waals surface area contributed by atoms with Gasteiger partial charge in [-0.15, -0.1) is 0 Å². The summed E-state index contributed by atoms with van der Waals surface area (Å²) in [6.45, 7) is 26.6. The molecule has 0 bridgehead atoms. The standard InChI is InChI=1S/C42H72N6O6/c1-14-18-27(30(49)35(52)43-25(2)3)44-34(51)29-23-42(40(12,13)41(42)20-17-21-41)24-48(29)37(54)32(39(9,10)11)46-36(53)31(38(6,7)8)45-33(50)28-19-15-16-22-47(28)26(4)5/h25-29,31-32H,14-24H2,1-13H3,(H,43,52)(H,44,51)(H,45,50)(H,46,53)/t27-,28+,29-,31+,32+,42+/m0/s1. The van der Waals surface area contributed by atoms with E-state index in [1.165, 1.54) is 0 Å². The maximum Gasteiger partial charge on any atom is 0.289 e. The molecule has 6 atom stereocenters. The third-order valence-electron chi connectivity index (χ3n) is 13.6.